The van der Waals surface area contributed by atoms with Gasteiger partial charge in [0.25, 0.3) is 5.69 Å². The summed E-state index contributed by atoms with van der Waals surface area (Å²) < 4.78 is 4.60. The lowest BCUT2D eigenvalue weighted by Gasteiger charge is -2.22. The summed E-state index contributed by atoms with van der Waals surface area (Å²) in [5.41, 5.74) is 0.218. The summed E-state index contributed by atoms with van der Waals surface area (Å²) in [4.78, 5) is 35.1. The smallest absolute Gasteiger partial charge is 0.337 e. The second-order valence-electron chi connectivity index (χ2n) is 4.14. The van der Waals surface area contributed by atoms with E-state index in [-0.39, 0.29) is 29.4 Å². The van der Waals surface area contributed by atoms with Gasteiger partial charge in [0, 0.05) is 19.7 Å². The topological polar surface area (TPSA) is 102 Å². The maximum absolute atomic E-state index is 11.5. The average Bonchev–Trinajstić information content (AvgIpc) is 2.50. The summed E-state index contributed by atoms with van der Waals surface area (Å²) in [6, 6.07) is 3.91. The number of nitro benzene ring substituents is 1. The summed E-state index contributed by atoms with van der Waals surface area (Å²) >= 11 is 0. The fraction of sp³-hybridized carbons (Fsp3) is 0.385. The van der Waals surface area contributed by atoms with Gasteiger partial charge in [-0.1, -0.05) is 0 Å². The molecule has 0 spiro atoms. The summed E-state index contributed by atoms with van der Waals surface area (Å²) in [7, 11) is 2.71. The molecule has 0 aromatic heterocycles. The molecule has 0 aliphatic rings. The van der Waals surface area contributed by atoms with Crippen molar-refractivity contribution >= 4 is 23.3 Å². The lowest BCUT2D eigenvalue weighted by atomic mass is 10.1. The Balaban J connectivity index is 3.29. The van der Waals surface area contributed by atoms with Crippen LogP contribution in [0.3, 0.4) is 0 Å². The summed E-state index contributed by atoms with van der Waals surface area (Å²) in [5, 5.41) is 13.6. The lowest BCUT2D eigenvalue weighted by Crippen LogP contribution is -2.35. The van der Waals surface area contributed by atoms with E-state index in [2.05, 4.69) is 10.1 Å². The van der Waals surface area contributed by atoms with Crippen molar-refractivity contribution in [3.8, 4) is 0 Å². The first-order valence-electron chi connectivity index (χ1n) is 6.26. The zero-order valence-electron chi connectivity index (χ0n) is 12.1. The molecular weight excluding hydrogens is 278 g/mol. The largest absolute Gasteiger partial charge is 0.465 e. The van der Waals surface area contributed by atoms with Crippen molar-refractivity contribution in [2.45, 2.75) is 6.92 Å². The number of nitro groups is 1. The van der Waals surface area contributed by atoms with Gasteiger partial charge in [-0.15, -0.1) is 0 Å². The molecule has 1 rings (SSSR count). The quantitative estimate of drug-likeness (QED) is 0.476. The van der Waals surface area contributed by atoms with Crippen molar-refractivity contribution in [2.24, 2.45) is 0 Å². The molecule has 1 aromatic carbocycles. The van der Waals surface area contributed by atoms with Gasteiger partial charge in [-0.2, -0.15) is 0 Å². The first-order chi connectivity index (χ1) is 9.94. The van der Waals surface area contributed by atoms with E-state index in [0.29, 0.717) is 6.54 Å². The van der Waals surface area contributed by atoms with E-state index in [4.69, 9.17) is 0 Å². The van der Waals surface area contributed by atoms with E-state index in [0.717, 1.165) is 0 Å². The highest BCUT2D eigenvalue weighted by molar-refractivity contribution is 5.92. The number of ether oxygens (including phenoxy) is 1. The number of esters is 1. The van der Waals surface area contributed by atoms with Crippen molar-refractivity contribution < 1.29 is 19.2 Å². The fourth-order valence-electron chi connectivity index (χ4n) is 1.80. The van der Waals surface area contributed by atoms with Gasteiger partial charge in [-0.3, -0.25) is 14.9 Å². The van der Waals surface area contributed by atoms with Gasteiger partial charge in [0.1, 0.15) is 5.69 Å². The molecule has 1 N–H and O–H groups in total. The molecule has 0 heterocycles. The SMILES string of the molecule is CCN(CC(=O)NC)c1cc(C(=O)OC)ccc1[N+](=O)[O-]. The van der Waals surface area contributed by atoms with Gasteiger partial charge < -0.3 is 15.0 Å². The number of hydrogen-bond donors (Lipinski definition) is 1. The van der Waals surface area contributed by atoms with E-state index in [1.165, 1.54) is 37.3 Å². The number of likely N-dealkylation sites (N-methyl/N-ethyl adjacent to an activating group) is 2. The highest BCUT2D eigenvalue weighted by Crippen LogP contribution is 2.29. The molecule has 0 saturated carbocycles. The molecule has 8 heteroatoms. The second kappa shape index (κ2) is 7.22. The predicted molar refractivity (Wildman–Crippen MR) is 76.4 cm³/mol. The second-order valence-corrected chi connectivity index (χ2v) is 4.14. The van der Waals surface area contributed by atoms with Crippen LogP contribution in [0, 0.1) is 10.1 Å². The Morgan fingerprint density at radius 1 is 1.43 bits per heavy atom. The summed E-state index contributed by atoms with van der Waals surface area (Å²) in [6.45, 7) is 2.09. The van der Waals surface area contributed by atoms with E-state index >= 15 is 0 Å². The number of amides is 1. The van der Waals surface area contributed by atoms with Crippen LogP contribution in [-0.2, 0) is 9.53 Å². The van der Waals surface area contributed by atoms with Crippen LogP contribution in [-0.4, -0.2) is 44.0 Å². The molecule has 0 aliphatic carbocycles. The normalized spacial score (nSPS) is 9.86. The van der Waals surface area contributed by atoms with Gasteiger partial charge in [0.05, 0.1) is 24.1 Å². The van der Waals surface area contributed by atoms with Crippen molar-refractivity contribution in [1.29, 1.82) is 0 Å². The van der Waals surface area contributed by atoms with Gasteiger partial charge in [0.2, 0.25) is 5.91 Å². The van der Waals surface area contributed by atoms with Crippen LogP contribution in [0.5, 0.6) is 0 Å². The Morgan fingerprint density at radius 2 is 2.10 bits per heavy atom. The highest BCUT2D eigenvalue weighted by atomic mass is 16.6. The minimum atomic E-state index is -0.595. The third kappa shape index (κ3) is 3.91. The average molecular weight is 295 g/mol. The van der Waals surface area contributed by atoms with Crippen LogP contribution < -0.4 is 10.2 Å². The molecule has 8 nitrogen and oxygen atoms in total. The molecule has 21 heavy (non-hydrogen) atoms. The maximum Gasteiger partial charge on any atom is 0.337 e. The van der Waals surface area contributed by atoms with Crippen LogP contribution in [0.4, 0.5) is 11.4 Å². The number of anilines is 1. The minimum absolute atomic E-state index is 0.0432. The third-order valence-corrected chi connectivity index (χ3v) is 2.93. The molecule has 114 valence electrons. The van der Waals surface area contributed by atoms with Crippen molar-refractivity contribution in [3.05, 3.63) is 33.9 Å². The fourth-order valence-corrected chi connectivity index (χ4v) is 1.80. The number of carbonyl (C=O) groups excluding carboxylic acids is 2. The molecule has 0 saturated heterocycles. The maximum atomic E-state index is 11.5. The third-order valence-electron chi connectivity index (χ3n) is 2.93. The van der Waals surface area contributed by atoms with E-state index in [9.17, 15) is 19.7 Å². The monoisotopic (exact) mass is 295 g/mol. The van der Waals surface area contributed by atoms with Crippen molar-refractivity contribution in [2.75, 3.05) is 32.1 Å². The van der Waals surface area contributed by atoms with E-state index < -0.39 is 10.9 Å². The van der Waals surface area contributed by atoms with Crippen LogP contribution >= 0.6 is 0 Å². The first-order valence-corrected chi connectivity index (χ1v) is 6.26. The number of nitrogens with zero attached hydrogens (tertiary/aromatic N) is 2. The Morgan fingerprint density at radius 3 is 2.57 bits per heavy atom. The molecule has 1 aromatic rings. The van der Waals surface area contributed by atoms with Crippen molar-refractivity contribution in [3.63, 3.8) is 0 Å². The van der Waals surface area contributed by atoms with Gasteiger partial charge >= 0.3 is 5.97 Å². The van der Waals surface area contributed by atoms with E-state index in [1.807, 2.05) is 0 Å². The molecule has 0 bridgehead atoms. The zero-order chi connectivity index (χ0) is 16.0. The predicted octanol–water partition coefficient (Wildman–Crippen LogP) is 0.954. The molecule has 0 unspecified atom stereocenters. The zero-order valence-corrected chi connectivity index (χ0v) is 12.1. The number of methoxy groups -OCH3 is 1. The Labute approximate surface area is 121 Å². The van der Waals surface area contributed by atoms with Gasteiger partial charge in [0.15, 0.2) is 0 Å². The Kier molecular flexibility index (Phi) is 5.65. The molecule has 1 amide bonds. The molecule has 0 fully saturated rings. The number of hydrogen-bond acceptors (Lipinski definition) is 6. The Hall–Kier alpha value is -2.64. The number of nitrogens with one attached hydrogen (secondary N) is 1. The number of carbonyl (C=O) groups is 2. The highest BCUT2D eigenvalue weighted by Gasteiger charge is 2.22. The standard InChI is InChI=1S/C13H17N3O5/c1-4-15(8-12(17)14-2)11-7-9(13(18)21-3)5-6-10(11)16(19)20/h5-7H,4,8H2,1-3H3,(H,14,17). The number of benzene rings is 1. The van der Waals surface area contributed by atoms with Gasteiger partial charge in [-0.05, 0) is 19.1 Å². The molecule has 0 atom stereocenters. The van der Waals surface area contributed by atoms with Crippen LogP contribution in [0.25, 0.3) is 0 Å². The Bertz CT molecular complexity index is 559. The van der Waals surface area contributed by atoms with Crippen LogP contribution in [0.1, 0.15) is 17.3 Å². The molecule has 0 radical (unpaired) electrons. The van der Waals surface area contributed by atoms with Crippen LogP contribution in [0.15, 0.2) is 18.2 Å². The van der Waals surface area contributed by atoms with Crippen LogP contribution in [0.2, 0.25) is 0 Å². The lowest BCUT2D eigenvalue weighted by molar-refractivity contribution is -0.384. The first kappa shape index (κ1) is 16.4. The van der Waals surface area contributed by atoms with E-state index in [1.54, 1.807) is 6.92 Å². The summed E-state index contributed by atoms with van der Waals surface area (Å²) in [5.74, 6) is -0.878. The minimum Gasteiger partial charge on any atom is -0.465 e. The van der Waals surface area contributed by atoms with Gasteiger partial charge in [-0.25, -0.2) is 4.79 Å². The van der Waals surface area contributed by atoms with Crippen molar-refractivity contribution in [1.82, 2.24) is 5.32 Å². The number of rotatable bonds is 6. The molecular formula is C13H17N3O5. The summed E-state index contributed by atoms with van der Waals surface area (Å²) in [6.07, 6.45) is 0. The molecule has 0 aliphatic heterocycles.